The number of aromatic amines is 1. The van der Waals surface area contributed by atoms with E-state index in [1.165, 1.54) is 23.1 Å². The summed E-state index contributed by atoms with van der Waals surface area (Å²) in [5.41, 5.74) is 3.93. The molecule has 2 aromatic carbocycles. The van der Waals surface area contributed by atoms with E-state index < -0.39 is 5.97 Å². The van der Waals surface area contributed by atoms with Gasteiger partial charge in [-0.15, -0.1) is 0 Å². The van der Waals surface area contributed by atoms with Gasteiger partial charge in [-0.2, -0.15) is 0 Å². The monoisotopic (exact) mass is 394 g/mol. The van der Waals surface area contributed by atoms with Crippen molar-refractivity contribution < 1.29 is 24.0 Å². The summed E-state index contributed by atoms with van der Waals surface area (Å²) in [4.78, 5) is 29.3. The molecule has 0 saturated heterocycles. The number of amides is 1. The molecule has 4 rings (SSSR count). The summed E-state index contributed by atoms with van der Waals surface area (Å²) in [5, 5.41) is 3.58. The molecule has 150 valence electrons. The van der Waals surface area contributed by atoms with Crippen molar-refractivity contribution in [3.8, 4) is 5.75 Å². The summed E-state index contributed by atoms with van der Waals surface area (Å²) in [6, 6.07) is 13.8. The van der Waals surface area contributed by atoms with Gasteiger partial charge in [0, 0.05) is 12.0 Å². The molecular weight excluding hydrogens is 370 g/mol. The number of anilines is 1. The number of quaternary nitrogens is 1. The first-order chi connectivity index (χ1) is 14.1. The topological polar surface area (TPSA) is 84.9 Å². The first-order valence-corrected chi connectivity index (χ1v) is 9.58. The normalized spacial score (nSPS) is 15.6. The molecule has 0 radical (unpaired) electrons. The summed E-state index contributed by atoms with van der Waals surface area (Å²) in [6.45, 7) is 2.02. The Morgan fingerprint density at radius 3 is 2.66 bits per heavy atom. The van der Waals surface area contributed by atoms with E-state index in [1.807, 2.05) is 18.2 Å². The van der Waals surface area contributed by atoms with Gasteiger partial charge >= 0.3 is 5.97 Å². The number of aromatic nitrogens is 1. The van der Waals surface area contributed by atoms with Crippen LogP contribution >= 0.6 is 0 Å². The summed E-state index contributed by atoms with van der Waals surface area (Å²) in [5.74, 6) is -0.127. The van der Waals surface area contributed by atoms with Gasteiger partial charge in [-0.05, 0) is 17.7 Å². The molecule has 1 aliphatic rings. The lowest BCUT2D eigenvalue weighted by Crippen LogP contribution is -3.12. The molecule has 3 aromatic rings. The van der Waals surface area contributed by atoms with Gasteiger partial charge in [0.25, 0.3) is 5.91 Å². The zero-order valence-corrected chi connectivity index (χ0v) is 16.5. The average molecular weight is 394 g/mol. The molecule has 2 heterocycles. The fourth-order valence-electron chi connectivity index (χ4n) is 3.97. The zero-order valence-electron chi connectivity index (χ0n) is 16.5. The second kappa shape index (κ2) is 7.97. The largest absolute Gasteiger partial charge is 0.496 e. The molecule has 7 nitrogen and oxygen atoms in total. The minimum atomic E-state index is -0.544. The van der Waals surface area contributed by atoms with Crippen molar-refractivity contribution in [1.29, 1.82) is 0 Å². The SMILES string of the molecule is COC(=O)c1[nH]c2cccc(OC)c2c1NC(=O)C[NH+]1CCc2ccccc2C1. The van der Waals surface area contributed by atoms with Gasteiger partial charge in [-0.25, -0.2) is 4.79 Å². The molecule has 0 saturated carbocycles. The minimum absolute atomic E-state index is 0.156. The maximum Gasteiger partial charge on any atom is 0.356 e. The lowest BCUT2D eigenvalue weighted by molar-refractivity contribution is -0.907. The summed E-state index contributed by atoms with van der Waals surface area (Å²) >= 11 is 0. The first kappa shape index (κ1) is 19.0. The van der Waals surface area contributed by atoms with Crippen LogP contribution in [0, 0.1) is 0 Å². The van der Waals surface area contributed by atoms with Gasteiger partial charge in [0.15, 0.2) is 6.54 Å². The van der Waals surface area contributed by atoms with E-state index in [4.69, 9.17) is 9.47 Å². The van der Waals surface area contributed by atoms with E-state index >= 15 is 0 Å². The quantitative estimate of drug-likeness (QED) is 0.573. The molecule has 1 atom stereocenters. The molecule has 1 unspecified atom stereocenters. The smallest absolute Gasteiger partial charge is 0.356 e. The Morgan fingerprint density at radius 1 is 1.10 bits per heavy atom. The van der Waals surface area contributed by atoms with Crippen LogP contribution in [-0.4, -0.2) is 44.2 Å². The fourth-order valence-corrected chi connectivity index (χ4v) is 3.97. The Morgan fingerprint density at radius 2 is 1.90 bits per heavy atom. The van der Waals surface area contributed by atoms with Gasteiger partial charge in [0.05, 0.1) is 37.4 Å². The van der Waals surface area contributed by atoms with E-state index in [0.29, 0.717) is 28.9 Å². The van der Waals surface area contributed by atoms with E-state index in [0.717, 1.165) is 19.5 Å². The molecule has 29 heavy (non-hydrogen) atoms. The summed E-state index contributed by atoms with van der Waals surface area (Å²) in [6.07, 6.45) is 0.951. The number of H-pyrrole nitrogens is 1. The summed E-state index contributed by atoms with van der Waals surface area (Å²) in [7, 11) is 2.87. The zero-order chi connectivity index (χ0) is 20.4. The Labute approximate surface area is 168 Å². The van der Waals surface area contributed by atoms with Crippen molar-refractivity contribution in [1.82, 2.24) is 4.98 Å². The molecule has 1 aliphatic heterocycles. The van der Waals surface area contributed by atoms with Crippen molar-refractivity contribution in [2.45, 2.75) is 13.0 Å². The predicted molar refractivity (Wildman–Crippen MR) is 109 cm³/mol. The Hall–Kier alpha value is -3.32. The van der Waals surface area contributed by atoms with Gasteiger partial charge in [0.2, 0.25) is 0 Å². The molecular formula is C22H24N3O4+. The van der Waals surface area contributed by atoms with E-state index in [9.17, 15) is 9.59 Å². The maximum absolute atomic E-state index is 12.9. The van der Waals surface area contributed by atoms with Crippen LogP contribution in [0.1, 0.15) is 21.6 Å². The van der Waals surface area contributed by atoms with Crippen LogP contribution in [0.15, 0.2) is 42.5 Å². The number of esters is 1. The van der Waals surface area contributed by atoms with E-state index in [2.05, 4.69) is 28.5 Å². The second-order valence-electron chi connectivity index (χ2n) is 7.17. The van der Waals surface area contributed by atoms with Crippen LogP contribution in [-0.2, 0) is 22.5 Å². The highest BCUT2D eigenvalue weighted by atomic mass is 16.5. The van der Waals surface area contributed by atoms with E-state index in [-0.39, 0.29) is 11.6 Å². The van der Waals surface area contributed by atoms with Crippen LogP contribution in [0.5, 0.6) is 5.75 Å². The number of carbonyl (C=O) groups is 2. The Bertz CT molecular complexity index is 1070. The number of methoxy groups -OCH3 is 2. The number of carbonyl (C=O) groups excluding carboxylic acids is 2. The number of hydrogen-bond acceptors (Lipinski definition) is 4. The maximum atomic E-state index is 12.9. The molecule has 0 bridgehead atoms. The highest BCUT2D eigenvalue weighted by Gasteiger charge is 2.25. The van der Waals surface area contributed by atoms with Crippen LogP contribution in [0.4, 0.5) is 5.69 Å². The van der Waals surface area contributed by atoms with Crippen LogP contribution < -0.4 is 15.0 Å². The molecule has 1 aromatic heterocycles. The van der Waals surface area contributed by atoms with Crippen molar-refractivity contribution in [3.63, 3.8) is 0 Å². The first-order valence-electron chi connectivity index (χ1n) is 9.58. The lowest BCUT2D eigenvalue weighted by atomic mass is 10.00. The fraction of sp³-hybridized carbons (Fsp3) is 0.273. The van der Waals surface area contributed by atoms with Crippen LogP contribution in [0.25, 0.3) is 10.9 Å². The molecule has 7 heteroatoms. The number of benzene rings is 2. The number of nitrogens with one attached hydrogen (secondary N) is 3. The third kappa shape index (κ3) is 3.69. The third-order valence-corrected chi connectivity index (χ3v) is 5.38. The molecule has 0 spiro atoms. The van der Waals surface area contributed by atoms with Crippen LogP contribution in [0.2, 0.25) is 0 Å². The standard InChI is InChI=1S/C22H23N3O4/c1-28-17-9-5-8-16-19(17)20(21(23-16)22(27)29-2)24-18(26)13-25-11-10-14-6-3-4-7-15(14)12-25/h3-9,23H,10-13H2,1-2H3,(H,24,26)/p+1. The van der Waals surface area contributed by atoms with Gasteiger partial charge in [-0.1, -0.05) is 30.3 Å². The Kier molecular flexibility index (Phi) is 5.22. The number of ether oxygens (including phenoxy) is 2. The van der Waals surface area contributed by atoms with Gasteiger partial charge in [0.1, 0.15) is 18.0 Å². The van der Waals surface area contributed by atoms with Crippen molar-refractivity contribution in [3.05, 3.63) is 59.3 Å². The third-order valence-electron chi connectivity index (χ3n) is 5.38. The minimum Gasteiger partial charge on any atom is -0.496 e. The van der Waals surface area contributed by atoms with Crippen molar-refractivity contribution >= 4 is 28.5 Å². The lowest BCUT2D eigenvalue weighted by Gasteiger charge is -2.25. The van der Waals surface area contributed by atoms with Gasteiger partial charge in [-0.3, -0.25) is 4.79 Å². The second-order valence-corrected chi connectivity index (χ2v) is 7.17. The predicted octanol–water partition coefficient (Wildman–Crippen LogP) is 1.54. The number of fused-ring (bicyclic) bond motifs is 2. The Balaban J connectivity index is 1.58. The van der Waals surface area contributed by atoms with E-state index in [1.54, 1.807) is 13.2 Å². The highest BCUT2D eigenvalue weighted by molar-refractivity contribution is 6.13. The molecule has 1 amide bonds. The average Bonchev–Trinajstić information content (AvgIpc) is 3.11. The van der Waals surface area contributed by atoms with Crippen LogP contribution in [0.3, 0.4) is 0 Å². The highest BCUT2D eigenvalue weighted by Crippen LogP contribution is 2.35. The molecule has 3 N–H and O–H groups in total. The molecule has 0 aliphatic carbocycles. The van der Waals surface area contributed by atoms with Gasteiger partial charge < -0.3 is 24.7 Å². The van der Waals surface area contributed by atoms with Crippen molar-refractivity contribution in [2.24, 2.45) is 0 Å². The summed E-state index contributed by atoms with van der Waals surface area (Å²) < 4.78 is 10.3. The number of rotatable bonds is 5. The van der Waals surface area contributed by atoms with Crippen molar-refractivity contribution in [2.75, 3.05) is 32.6 Å². The number of hydrogen-bond donors (Lipinski definition) is 3. The molecule has 0 fully saturated rings.